The highest BCUT2D eigenvalue weighted by molar-refractivity contribution is 6.37. The number of rotatable bonds is 4. The van der Waals surface area contributed by atoms with Gasteiger partial charge in [-0.05, 0) is 13.3 Å². The molecule has 0 atom stereocenters. The van der Waals surface area contributed by atoms with Crippen molar-refractivity contribution in [2.75, 3.05) is 20.6 Å². The quantitative estimate of drug-likeness (QED) is 0.564. The summed E-state index contributed by atoms with van der Waals surface area (Å²) in [5, 5.41) is 2.59. The summed E-state index contributed by atoms with van der Waals surface area (Å²) in [6.07, 6.45) is 5.93. The molecule has 0 aromatic carbocycles. The van der Waals surface area contributed by atoms with Crippen molar-refractivity contribution in [2.45, 2.75) is 26.7 Å². The fraction of sp³-hybridized carbons (Fsp3) is 0.636. The van der Waals surface area contributed by atoms with E-state index in [0.29, 0.717) is 5.84 Å². The lowest BCUT2D eigenvalue weighted by Crippen LogP contribution is -2.39. The van der Waals surface area contributed by atoms with Crippen LogP contribution in [0.25, 0.3) is 0 Å². The van der Waals surface area contributed by atoms with Gasteiger partial charge in [0, 0.05) is 26.8 Å². The van der Waals surface area contributed by atoms with E-state index in [-0.39, 0.29) is 5.91 Å². The molecule has 4 heteroatoms. The van der Waals surface area contributed by atoms with Crippen LogP contribution in [0.15, 0.2) is 17.3 Å². The minimum atomic E-state index is -0.147. The van der Waals surface area contributed by atoms with Crippen molar-refractivity contribution in [3.8, 4) is 0 Å². The monoisotopic (exact) mass is 211 g/mol. The van der Waals surface area contributed by atoms with Crippen molar-refractivity contribution >= 4 is 11.7 Å². The molecule has 0 bridgehead atoms. The van der Waals surface area contributed by atoms with Gasteiger partial charge in [-0.3, -0.25) is 9.79 Å². The zero-order valence-corrected chi connectivity index (χ0v) is 10.1. The Hall–Kier alpha value is -1.32. The van der Waals surface area contributed by atoms with E-state index < -0.39 is 0 Å². The number of unbranched alkanes of at least 4 members (excludes halogenated alkanes) is 1. The molecule has 0 heterocycles. The largest absolute Gasteiger partial charge is 0.352 e. The van der Waals surface area contributed by atoms with E-state index in [1.807, 2.05) is 24.1 Å². The van der Waals surface area contributed by atoms with Crippen LogP contribution in [0, 0.1) is 0 Å². The molecule has 15 heavy (non-hydrogen) atoms. The van der Waals surface area contributed by atoms with Crippen LogP contribution in [-0.2, 0) is 4.79 Å². The average molecular weight is 211 g/mol. The summed E-state index contributed by atoms with van der Waals surface area (Å²) in [6.45, 7) is 4.87. The van der Waals surface area contributed by atoms with E-state index in [9.17, 15) is 4.79 Å². The van der Waals surface area contributed by atoms with Crippen LogP contribution in [0.2, 0.25) is 0 Å². The van der Waals surface area contributed by atoms with Crippen molar-refractivity contribution < 1.29 is 4.79 Å². The number of nitrogens with zero attached hydrogens (tertiary/aromatic N) is 2. The van der Waals surface area contributed by atoms with Gasteiger partial charge in [0.2, 0.25) is 0 Å². The molecule has 0 aliphatic carbocycles. The second-order valence-corrected chi connectivity index (χ2v) is 3.16. The topological polar surface area (TPSA) is 44.7 Å². The molecule has 0 spiro atoms. The van der Waals surface area contributed by atoms with E-state index in [1.54, 1.807) is 14.1 Å². The summed E-state index contributed by atoms with van der Waals surface area (Å²) < 4.78 is 0. The number of nitrogens with one attached hydrogen (secondary N) is 1. The third kappa shape index (κ3) is 4.63. The zero-order chi connectivity index (χ0) is 11.7. The molecule has 1 amide bonds. The Balaban J connectivity index is 4.63. The molecular weight excluding hydrogens is 190 g/mol. The SMILES string of the molecule is C/C=C\N(CCCC)/C(=N/C)C(=O)NC. The summed E-state index contributed by atoms with van der Waals surface area (Å²) in [4.78, 5) is 17.4. The Kier molecular flexibility index (Phi) is 7.32. The highest BCUT2D eigenvalue weighted by atomic mass is 16.2. The summed E-state index contributed by atoms with van der Waals surface area (Å²) in [5.41, 5.74) is 0. The molecule has 0 saturated heterocycles. The minimum absolute atomic E-state index is 0.147. The molecule has 86 valence electrons. The van der Waals surface area contributed by atoms with Crippen molar-refractivity contribution in [2.24, 2.45) is 4.99 Å². The maximum absolute atomic E-state index is 11.5. The number of amidine groups is 1. The molecule has 0 aliphatic heterocycles. The Morgan fingerprint density at radius 3 is 2.60 bits per heavy atom. The van der Waals surface area contributed by atoms with Crippen molar-refractivity contribution in [1.29, 1.82) is 0 Å². The average Bonchev–Trinajstić information content (AvgIpc) is 2.26. The smallest absolute Gasteiger partial charge is 0.286 e. The molecule has 0 unspecified atom stereocenters. The summed E-state index contributed by atoms with van der Waals surface area (Å²) in [6, 6.07) is 0. The summed E-state index contributed by atoms with van der Waals surface area (Å²) >= 11 is 0. The second-order valence-electron chi connectivity index (χ2n) is 3.16. The predicted molar refractivity (Wildman–Crippen MR) is 63.9 cm³/mol. The van der Waals surface area contributed by atoms with E-state index >= 15 is 0 Å². The molecule has 0 rings (SSSR count). The number of likely N-dealkylation sites (N-methyl/N-ethyl adjacent to an activating group) is 1. The Labute approximate surface area is 92.1 Å². The van der Waals surface area contributed by atoms with Gasteiger partial charge in [0.1, 0.15) is 0 Å². The molecule has 0 saturated carbocycles. The third-order valence-electron chi connectivity index (χ3n) is 2.00. The van der Waals surface area contributed by atoms with Gasteiger partial charge in [0.15, 0.2) is 5.84 Å². The first-order valence-corrected chi connectivity index (χ1v) is 5.29. The van der Waals surface area contributed by atoms with Crippen molar-refractivity contribution in [1.82, 2.24) is 10.2 Å². The van der Waals surface area contributed by atoms with Gasteiger partial charge in [-0.2, -0.15) is 0 Å². The summed E-state index contributed by atoms with van der Waals surface area (Å²) in [7, 11) is 3.24. The van der Waals surface area contributed by atoms with Crippen LogP contribution in [-0.4, -0.2) is 37.3 Å². The third-order valence-corrected chi connectivity index (χ3v) is 2.00. The number of hydrogen-bond acceptors (Lipinski definition) is 2. The lowest BCUT2D eigenvalue weighted by Gasteiger charge is -2.20. The van der Waals surface area contributed by atoms with Crippen LogP contribution in [0.4, 0.5) is 0 Å². The molecule has 0 fully saturated rings. The highest BCUT2D eigenvalue weighted by Crippen LogP contribution is 1.99. The van der Waals surface area contributed by atoms with Gasteiger partial charge in [0.25, 0.3) is 5.91 Å². The maximum Gasteiger partial charge on any atom is 0.286 e. The number of amides is 1. The molecule has 1 N–H and O–H groups in total. The first-order chi connectivity index (χ1) is 7.21. The lowest BCUT2D eigenvalue weighted by molar-refractivity contribution is -0.114. The van der Waals surface area contributed by atoms with Crippen LogP contribution in [0.5, 0.6) is 0 Å². The highest BCUT2D eigenvalue weighted by Gasteiger charge is 2.14. The van der Waals surface area contributed by atoms with E-state index in [2.05, 4.69) is 17.2 Å². The van der Waals surface area contributed by atoms with Gasteiger partial charge in [-0.25, -0.2) is 0 Å². The fourth-order valence-electron chi connectivity index (χ4n) is 1.23. The lowest BCUT2D eigenvalue weighted by atomic mass is 10.3. The number of allylic oxidation sites excluding steroid dienone is 1. The molecule has 0 aliphatic rings. The van der Waals surface area contributed by atoms with Gasteiger partial charge in [-0.15, -0.1) is 0 Å². The second kappa shape index (κ2) is 8.03. The van der Waals surface area contributed by atoms with Gasteiger partial charge >= 0.3 is 0 Å². The van der Waals surface area contributed by atoms with Crippen LogP contribution < -0.4 is 5.32 Å². The van der Waals surface area contributed by atoms with Crippen molar-refractivity contribution in [3.63, 3.8) is 0 Å². The van der Waals surface area contributed by atoms with E-state index in [0.717, 1.165) is 19.4 Å². The minimum Gasteiger partial charge on any atom is -0.352 e. The van der Waals surface area contributed by atoms with Crippen LogP contribution >= 0.6 is 0 Å². The van der Waals surface area contributed by atoms with Crippen molar-refractivity contribution in [3.05, 3.63) is 12.3 Å². The molecule has 4 nitrogen and oxygen atoms in total. The normalized spacial score (nSPS) is 11.9. The zero-order valence-electron chi connectivity index (χ0n) is 10.1. The van der Waals surface area contributed by atoms with Crippen LogP contribution in [0.1, 0.15) is 26.7 Å². The van der Waals surface area contributed by atoms with Gasteiger partial charge in [-0.1, -0.05) is 19.4 Å². The Morgan fingerprint density at radius 1 is 1.53 bits per heavy atom. The Morgan fingerprint density at radius 2 is 2.20 bits per heavy atom. The van der Waals surface area contributed by atoms with Crippen LogP contribution in [0.3, 0.4) is 0 Å². The van der Waals surface area contributed by atoms with Gasteiger partial charge in [0.05, 0.1) is 0 Å². The molecule has 0 aromatic rings. The Bertz CT molecular complexity index is 246. The maximum atomic E-state index is 11.5. The number of carbonyl (C=O) groups excluding carboxylic acids is 1. The molecule has 0 radical (unpaired) electrons. The molecular formula is C11H21N3O. The van der Waals surface area contributed by atoms with E-state index in [1.165, 1.54) is 0 Å². The standard InChI is InChI=1S/C11H21N3O/c1-5-7-9-14(8-6-2)10(12-3)11(15)13-4/h6,8H,5,7,9H2,1-4H3,(H,13,15)/b8-6-,12-10+. The number of hydrogen-bond donors (Lipinski definition) is 1. The van der Waals surface area contributed by atoms with E-state index in [4.69, 9.17) is 0 Å². The summed E-state index contributed by atoms with van der Waals surface area (Å²) in [5.74, 6) is 0.316. The first kappa shape index (κ1) is 13.7. The van der Waals surface area contributed by atoms with Gasteiger partial charge < -0.3 is 10.2 Å². The molecule has 0 aromatic heterocycles. The fourth-order valence-corrected chi connectivity index (χ4v) is 1.23. The number of carbonyl (C=O) groups is 1. The predicted octanol–water partition coefficient (Wildman–Crippen LogP) is 1.40. The number of aliphatic imine (C=N–C) groups is 1. The first-order valence-electron chi connectivity index (χ1n) is 5.29.